The van der Waals surface area contributed by atoms with E-state index in [0.29, 0.717) is 18.9 Å². The van der Waals surface area contributed by atoms with Crippen LogP contribution in [-0.4, -0.2) is 42.7 Å². The molecule has 2 heterocycles. The van der Waals surface area contributed by atoms with Crippen molar-refractivity contribution in [2.45, 2.75) is 53.1 Å². The van der Waals surface area contributed by atoms with Crippen molar-refractivity contribution in [2.24, 2.45) is 0 Å². The average molecular weight is 541 g/mol. The fourth-order valence-electron chi connectivity index (χ4n) is 4.34. The van der Waals surface area contributed by atoms with Gasteiger partial charge in [-0.15, -0.1) is 0 Å². The molecule has 1 saturated heterocycles. The highest BCUT2D eigenvalue weighted by atomic mass is 32.2. The van der Waals surface area contributed by atoms with Crippen molar-refractivity contribution in [3.63, 3.8) is 0 Å². The molecule has 0 bridgehead atoms. The van der Waals surface area contributed by atoms with Gasteiger partial charge in [-0.2, -0.15) is 27.2 Å². The predicted molar refractivity (Wildman–Crippen MR) is 122 cm³/mol. The van der Waals surface area contributed by atoms with E-state index in [1.165, 1.54) is 12.1 Å². The Hall–Kier alpha value is -3.53. The second-order valence-electron chi connectivity index (χ2n) is 8.95. The van der Waals surface area contributed by atoms with Crippen LogP contribution in [0.1, 0.15) is 30.4 Å². The van der Waals surface area contributed by atoms with E-state index in [4.69, 9.17) is 0 Å². The van der Waals surface area contributed by atoms with Gasteiger partial charge in [0.25, 0.3) is 5.92 Å². The molecule has 37 heavy (non-hydrogen) atoms. The number of allylic oxidation sites excluding steroid dienone is 1. The van der Waals surface area contributed by atoms with Gasteiger partial charge in [-0.25, -0.2) is 13.4 Å². The van der Waals surface area contributed by atoms with Crippen LogP contribution in [0.15, 0.2) is 60.1 Å². The number of halogens is 5. The van der Waals surface area contributed by atoms with E-state index in [1.807, 2.05) is 6.07 Å². The van der Waals surface area contributed by atoms with Crippen LogP contribution >= 0.6 is 0 Å². The number of hydrogen-bond acceptors (Lipinski definition) is 6. The number of benzene rings is 1. The molecule has 2 atom stereocenters. The zero-order chi connectivity index (χ0) is 27.2. The Bertz CT molecular complexity index is 1380. The van der Waals surface area contributed by atoms with Crippen molar-refractivity contribution in [2.75, 3.05) is 11.4 Å². The van der Waals surface area contributed by atoms with E-state index in [1.54, 1.807) is 0 Å². The number of carbonyl (C=O) groups excluding carboxylic acids is 1. The first-order valence-corrected chi connectivity index (χ1v) is 12.7. The summed E-state index contributed by atoms with van der Waals surface area (Å²) in [5, 5.41) is 10.3. The number of hydrogen-bond donors (Lipinski definition) is 1. The SMILES string of the molecule is C=CC(F)(F)c1ccccc1S(=O)(=O)C1CC(C(=O)NC2(C#N)CC2)N(c2ncccc2C(F)(F)F)C1. The Morgan fingerprint density at radius 1 is 1.16 bits per heavy atom. The smallest absolute Gasteiger partial charge is 0.343 e. The van der Waals surface area contributed by atoms with Gasteiger partial charge < -0.3 is 10.2 Å². The summed E-state index contributed by atoms with van der Waals surface area (Å²) in [7, 11) is -4.58. The first-order chi connectivity index (χ1) is 17.3. The van der Waals surface area contributed by atoms with Gasteiger partial charge in [0.05, 0.1) is 21.8 Å². The molecule has 2 aromatic rings. The van der Waals surface area contributed by atoms with Gasteiger partial charge in [-0.1, -0.05) is 24.8 Å². The fraction of sp³-hybridized carbons (Fsp3) is 0.375. The lowest BCUT2D eigenvalue weighted by Gasteiger charge is -2.28. The highest BCUT2D eigenvalue weighted by Crippen LogP contribution is 2.42. The molecular formula is C24H21F5N4O3S. The lowest BCUT2D eigenvalue weighted by molar-refractivity contribution is -0.137. The zero-order valence-electron chi connectivity index (χ0n) is 19.2. The third kappa shape index (κ3) is 4.90. The van der Waals surface area contributed by atoms with Crippen molar-refractivity contribution in [3.05, 3.63) is 66.4 Å². The van der Waals surface area contributed by atoms with Gasteiger partial charge in [0.15, 0.2) is 9.84 Å². The van der Waals surface area contributed by atoms with Crippen LogP contribution in [0.25, 0.3) is 0 Å². The number of rotatable bonds is 7. The minimum Gasteiger partial charge on any atom is -0.343 e. The van der Waals surface area contributed by atoms with Crippen molar-refractivity contribution in [1.29, 1.82) is 5.26 Å². The quantitative estimate of drug-likeness (QED) is 0.421. The normalized spacial score (nSPS) is 21.2. The molecule has 13 heteroatoms. The van der Waals surface area contributed by atoms with Crippen LogP contribution in [0.3, 0.4) is 0 Å². The maximum absolute atomic E-state index is 14.5. The van der Waals surface area contributed by atoms with E-state index in [-0.39, 0.29) is 0 Å². The molecule has 1 saturated carbocycles. The summed E-state index contributed by atoms with van der Waals surface area (Å²) in [6.45, 7) is 2.43. The molecule has 0 radical (unpaired) electrons. The van der Waals surface area contributed by atoms with Crippen molar-refractivity contribution < 1.29 is 35.2 Å². The van der Waals surface area contributed by atoms with Crippen molar-refractivity contribution >= 4 is 21.6 Å². The highest BCUT2D eigenvalue weighted by molar-refractivity contribution is 7.92. The van der Waals surface area contributed by atoms with Crippen LogP contribution in [0.2, 0.25) is 0 Å². The molecule has 2 fully saturated rings. The number of nitrogens with one attached hydrogen (secondary N) is 1. The topological polar surface area (TPSA) is 103 Å². The summed E-state index contributed by atoms with van der Waals surface area (Å²) < 4.78 is 97.5. The minimum atomic E-state index is -4.87. The summed E-state index contributed by atoms with van der Waals surface area (Å²) in [5.41, 5.74) is -3.19. The monoisotopic (exact) mass is 540 g/mol. The predicted octanol–water partition coefficient (Wildman–Crippen LogP) is 3.97. The molecule has 2 aliphatic rings. The number of nitrogens with zero attached hydrogens (tertiary/aromatic N) is 3. The second-order valence-corrected chi connectivity index (χ2v) is 11.1. The largest absolute Gasteiger partial charge is 0.419 e. The standard InChI is InChI=1S/C24H21F5N4O3S/c1-2-23(25,26)16-6-3-4-8-19(16)37(35,36)15-12-18(21(34)32-22(14-30)9-10-22)33(13-15)20-17(24(27,28)29)7-5-11-31-20/h2-8,11,15,18H,1,9-10,12-13H2,(H,32,34). The van der Waals surface area contributed by atoms with Gasteiger partial charge >= 0.3 is 6.18 Å². The number of aromatic nitrogens is 1. The molecule has 7 nitrogen and oxygen atoms in total. The van der Waals surface area contributed by atoms with Crippen molar-refractivity contribution in [3.8, 4) is 6.07 Å². The Labute approximate surface area is 209 Å². The first-order valence-electron chi connectivity index (χ1n) is 11.1. The number of sulfone groups is 1. The number of anilines is 1. The molecule has 4 rings (SSSR count). The van der Waals surface area contributed by atoms with Crippen LogP contribution in [-0.2, 0) is 26.7 Å². The third-order valence-corrected chi connectivity index (χ3v) is 8.69. The molecule has 1 N–H and O–H groups in total. The van der Waals surface area contributed by atoms with Crippen molar-refractivity contribution in [1.82, 2.24) is 10.3 Å². The number of pyridine rings is 1. The number of carbonyl (C=O) groups is 1. The summed E-state index contributed by atoms with van der Waals surface area (Å²) in [4.78, 5) is 17.1. The maximum Gasteiger partial charge on any atom is 0.419 e. The number of amides is 1. The van der Waals surface area contributed by atoms with Crippen LogP contribution in [0, 0.1) is 11.3 Å². The van der Waals surface area contributed by atoms with Gasteiger partial charge in [0.2, 0.25) is 5.91 Å². The van der Waals surface area contributed by atoms with Gasteiger partial charge in [0, 0.05) is 18.3 Å². The number of alkyl halides is 5. The first kappa shape index (κ1) is 26.5. The van der Waals surface area contributed by atoms with E-state index in [0.717, 1.165) is 35.4 Å². The Morgan fingerprint density at radius 3 is 2.41 bits per heavy atom. The Kier molecular flexibility index (Phi) is 6.52. The molecule has 1 amide bonds. The number of nitriles is 1. The molecule has 1 aromatic carbocycles. The molecule has 1 aliphatic heterocycles. The molecule has 196 valence electrons. The average Bonchev–Trinajstić information content (AvgIpc) is 3.48. The van der Waals surface area contributed by atoms with Crippen LogP contribution in [0.5, 0.6) is 0 Å². The highest BCUT2D eigenvalue weighted by Gasteiger charge is 2.51. The summed E-state index contributed by atoms with van der Waals surface area (Å²) in [6, 6.07) is 6.67. The van der Waals surface area contributed by atoms with Crippen LogP contribution < -0.4 is 10.2 Å². The van der Waals surface area contributed by atoms with E-state index in [9.17, 15) is 40.4 Å². The molecule has 1 aliphatic carbocycles. The summed E-state index contributed by atoms with van der Waals surface area (Å²) >= 11 is 0. The zero-order valence-corrected chi connectivity index (χ0v) is 20.0. The summed E-state index contributed by atoms with van der Waals surface area (Å²) in [5.74, 6) is -5.21. The van der Waals surface area contributed by atoms with E-state index >= 15 is 0 Å². The van der Waals surface area contributed by atoms with Gasteiger partial charge in [0.1, 0.15) is 17.4 Å². The molecule has 1 aromatic heterocycles. The molecule has 0 spiro atoms. The van der Waals surface area contributed by atoms with Gasteiger partial charge in [-0.3, -0.25) is 4.79 Å². The fourth-order valence-corrected chi connectivity index (χ4v) is 6.27. The van der Waals surface area contributed by atoms with E-state index < -0.39 is 79.5 Å². The van der Waals surface area contributed by atoms with Gasteiger partial charge in [-0.05, 0) is 43.5 Å². The Morgan fingerprint density at radius 2 is 1.81 bits per heavy atom. The minimum absolute atomic E-state index is 0.291. The molecular weight excluding hydrogens is 519 g/mol. The third-order valence-electron chi connectivity index (χ3n) is 6.50. The summed E-state index contributed by atoms with van der Waals surface area (Å²) in [6.07, 6.45) is -3.34. The van der Waals surface area contributed by atoms with Crippen LogP contribution in [0.4, 0.5) is 27.8 Å². The van der Waals surface area contributed by atoms with E-state index in [2.05, 4.69) is 16.9 Å². The lowest BCUT2D eigenvalue weighted by atomic mass is 10.1. The maximum atomic E-state index is 14.5. The lowest BCUT2D eigenvalue weighted by Crippen LogP contribution is -2.48. The Balaban J connectivity index is 1.78. The second kappa shape index (κ2) is 9.09. The molecule has 2 unspecified atom stereocenters.